The molecule has 0 radical (unpaired) electrons. The Kier molecular flexibility index (Phi) is 4.80. The van der Waals surface area contributed by atoms with Gasteiger partial charge in [0.1, 0.15) is 17.2 Å². The van der Waals surface area contributed by atoms with Crippen molar-refractivity contribution in [2.75, 3.05) is 16.8 Å². The van der Waals surface area contributed by atoms with Crippen LogP contribution < -0.4 is 10.2 Å². The second-order valence-corrected chi connectivity index (χ2v) is 7.66. The van der Waals surface area contributed by atoms with Gasteiger partial charge in [0.05, 0.1) is 11.9 Å². The van der Waals surface area contributed by atoms with Crippen molar-refractivity contribution < 1.29 is 5.11 Å². The molecule has 0 spiro atoms. The molecule has 0 aromatic carbocycles. The zero-order valence-corrected chi connectivity index (χ0v) is 15.4. The number of piperidine rings is 1. The van der Waals surface area contributed by atoms with E-state index in [0.29, 0.717) is 12.0 Å². The molecule has 2 aromatic heterocycles. The fourth-order valence-electron chi connectivity index (χ4n) is 4.15. The van der Waals surface area contributed by atoms with E-state index < -0.39 is 5.60 Å². The van der Waals surface area contributed by atoms with Crippen molar-refractivity contribution in [3.05, 3.63) is 24.0 Å². The molecule has 0 amide bonds. The third-order valence-corrected chi connectivity index (χ3v) is 5.71. The minimum atomic E-state index is -0.848. The number of hydrogen-bond acceptors (Lipinski definition) is 6. The molecule has 1 aliphatic heterocycles. The van der Waals surface area contributed by atoms with Gasteiger partial charge in [-0.1, -0.05) is 19.3 Å². The van der Waals surface area contributed by atoms with Gasteiger partial charge in [-0.05, 0) is 39.0 Å². The van der Waals surface area contributed by atoms with Crippen molar-refractivity contribution >= 4 is 17.6 Å². The Morgan fingerprint density at radius 3 is 2.77 bits per heavy atom. The summed E-state index contributed by atoms with van der Waals surface area (Å²) < 4.78 is 0. The Morgan fingerprint density at radius 1 is 1.19 bits per heavy atom. The summed E-state index contributed by atoms with van der Waals surface area (Å²) in [5.74, 6) is 2.16. The van der Waals surface area contributed by atoms with E-state index in [1.165, 1.54) is 25.7 Å². The fourth-order valence-corrected chi connectivity index (χ4v) is 4.15. The summed E-state index contributed by atoms with van der Waals surface area (Å²) >= 11 is 0. The van der Waals surface area contributed by atoms with E-state index in [0.717, 1.165) is 49.6 Å². The molecule has 2 fully saturated rings. The molecule has 0 bridgehead atoms. The summed E-state index contributed by atoms with van der Waals surface area (Å²) in [7, 11) is 0. The van der Waals surface area contributed by atoms with Crippen LogP contribution in [0.4, 0.5) is 17.6 Å². The van der Waals surface area contributed by atoms with Crippen molar-refractivity contribution in [3.8, 4) is 0 Å². The van der Waals surface area contributed by atoms with Crippen LogP contribution in [0.5, 0.6) is 0 Å². The summed E-state index contributed by atoms with van der Waals surface area (Å²) in [6.45, 7) is 3.25. The van der Waals surface area contributed by atoms with Gasteiger partial charge in [-0.25, -0.2) is 4.98 Å². The summed E-state index contributed by atoms with van der Waals surface area (Å²) in [6, 6.07) is 4.30. The van der Waals surface area contributed by atoms with E-state index >= 15 is 0 Å². The average Bonchev–Trinajstić information content (AvgIpc) is 3.15. The maximum atomic E-state index is 11.2. The summed E-state index contributed by atoms with van der Waals surface area (Å²) in [4.78, 5) is 11.8. The number of nitrogens with zero attached hydrogens (tertiary/aromatic N) is 4. The fraction of sp³-hybridized carbons (Fsp3) is 0.632. The molecule has 7 heteroatoms. The maximum absolute atomic E-state index is 11.2. The van der Waals surface area contributed by atoms with Gasteiger partial charge in [0, 0.05) is 24.7 Å². The van der Waals surface area contributed by atoms with E-state index in [-0.39, 0.29) is 0 Å². The predicted molar refractivity (Wildman–Crippen MR) is 102 cm³/mol. The van der Waals surface area contributed by atoms with Gasteiger partial charge in [0.15, 0.2) is 0 Å². The molecule has 2 aromatic rings. The first kappa shape index (κ1) is 17.3. The lowest BCUT2D eigenvalue weighted by Gasteiger charge is -2.36. The molecule has 26 heavy (non-hydrogen) atoms. The lowest BCUT2D eigenvalue weighted by molar-refractivity contribution is -0.00459. The van der Waals surface area contributed by atoms with Crippen LogP contribution in [0.15, 0.2) is 18.3 Å². The monoisotopic (exact) mass is 356 g/mol. The highest BCUT2D eigenvalue weighted by Gasteiger charge is 2.34. The first-order chi connectivity index (χ1) is 12.6. The zero-order valence-electron chi connectivity index (χ0n) is 15.4. The number of anilines is 3. The highest BCUT2D eigenvalue weighted by atomic mass is 16.3. The molecule has 2 aliphatic rings. The zero-order chi connectivity index (χ0) is 18.0. The first-order valence-electron chi connectivity index (χ1n) is 9.79. The Balaban J connectivity index is 1.71. The van der Waals surface area contributed by atoms with Crippen molar-refractivity contribution in [1.29, 1.82) is 0 Å². The maximum Gasteiger partial charge on any atom is 0.230 e. The van der Waals surface area contributed by atoms with E-state index in [1.54, 1.807) is 6.20 Å². The molecule has 3 N–H and O–H groups in total. The van der Waals surface area contributed by atoms with Crippen LogP contribution in [-0.2, 0) is 5.60 Å². The molecule has 4 rings (SSSR count). The van der Waals surface area contributed by atoms with E-state index in [9.17, 15) is 5.11 Å². The standard InChI is InChI=1S/C19H28N6O/c1-14-7-3-6-12-25(14)17-13-15(19(26)9-4-2-5-10-19)21-18(23-17)22-16-8-11-20-24-16/h8,11,13-14,26H,2-7,9-10,12H2,1H3,(H2,20,21,22,23,24). The molecule has 7 nitrogen and oxygen atoms in total. The van der Waals surface area contributed by atoms with Gasteiger partial charge in [-0.15, -0.1) is 0 Å². The highest BCUT2D eigenvalue weighted by Crippen LogP contribution is 2.38. The number of aliphatic hydroxyl groups is 1. The van der Waals surface area contributed by atoms with Gasteiger partial charge in [-0.3, -0.25) is 5.10 Å². The van der Waals surface area contributed by atoms with Crippen LogP contribution >= 0.6 is 0 Å². The van der Waals surface area contributed by atoms with Gasteiger partial charge in [0.25, 0.3) is 0 Å². The molecule has 1 atom stereocenters. The second-order valence-electron chi connectivity index (χ2n) is 7.66. The van der Waals surface area contributed by atoms with Crippen LogP contribution in [0.25, 0.3) is 0 Å². The lowest BCUT2D eigenvalue weighted by atomic mass is 9.82. The Labute approximate surface area is 154 Å². The largest absolute Gasteiger partial charge is 0.384 e. The number of aromatic nitrogens is 4. The SMILES string of the molecule is CC1CCCCN1c1cc(C2(O)CCCCC2)nc(Nc2ccn[nH]2)n1. The molecule has 3 heterocycles. The molecular weight excluding hydrogens is 328 g/mol. The van der Waals surface area contributed by atoms with E-state index in [2.05, 4.69) is 32.3 Å². The number of rotatable bonds is 4. The minimum absolute atomic E-state index is 0.451. The van der Waals surface area contributed by atoms with Gasteiger partial charge in [0.2, 0.25) is 5.95 Å². The van der Waals surface area contributed by atoms with E-state index in [4.69, 9.17) is 4.98 Å². The Hall–Kier alpha value is -2.15. The molecule has 1 saturated carbocycles. The smallest absolute Gasteiger partial charge is 0.230 e. The Bertz CT molecular complexity index is 726. The van der Waals surface area contributed by atoms with Crippen molar-refractivity contribution in [2.24, 2.45) is 0 Å². The highest BCUT2D eigenvalue weighted by molar-refractivity contribution is 5.53. The van der Waals surface area contributed by atoms with Crippen molar-refractivity contribution in [2.45, 2.75) is 69.9 Å². The quantitative estimate of drug-likeness (QED) is 0.777. The lowest BCUT2D eigenvalue weighted by Crippen LogP contribution is -2.39. The predicted octanol–water partition coefficient (Wildman–Crippen LogP) is 3.47. The third kappa shape index (κ3) is 3.53. The van der Waals surface area contributed by atoms with Crippen LogP contribution in [0.2, 0.25) is 0 Å². The van der Waals surface area contributed by atoms with Gasteiger partial charge in [-0.2, -0.15) is 10.1 Å². The normalized spacial score (nSPS) is 23.0. The van der Waals surface area contributed by atoms with Gasteiger partial charge >= 0.3 is 0 Å². The summed E-state index contributed by atoms with van der Waals surface area (Å²) in [5, 5.41) is 21.3. The van der Waals surface area contributed by atoms with Crippen LogP contribution in [0, 0.1) is 0 Å². The number of hydrogen-bond donors (Lipinski definition) is 3. The van der Waals surface area contributed by atoms with Crippen molar-refractivity contribution in [1.82, 2.24) is 20.2 Å². The summed E-state index contributed by atoms with van der Waals surface area (Å²) in [6.07, 6.45) is 10.1. The van der Waals surface area contributed by atoms with Crippen LogP contribution in [0.3, 0.4) is 0 Å². The second kappa shape index (κ2) is 7.23. The number of aromatic amines is 1. The molecule has 1 unspecified atom stereocenters. The molecule has 140 valence electrons. The van der Waals surface area contributed by atoms with Gasteiger partial charge < -0.3 is 15.3 Å². The number of nitrogens with one attached hydrogen (secondary N) is 2. The number of H-pyrrole nitrogens is 1. The molecule has 1 aliphatic carbocycles. The van der Waals surface area contributed by atoms with E-state index in [1.807, 2.05) is 12.1 Å². The Morgan fingerprint density at radius 2 is 2.04 bits per heavy atom. The first-order valence-corrected chi connectivity index (χ1v) is 9.79. The van der Waals surface area contributed by atoms with Crippen LogP contribution in [0.1, 0.15) is 64.0 Å². The molecule has 1 saturated heterocycles. The molecular formula is C19H28N6O. The van der Waals surface area contributed by atoms with Crippen molar-refractivity contribution in [3.63, 3.8) is 0 Å². The minimum Gasteiger partial charge on any atom is -0.384 e. The summed E-state index contributed by atoms with van der Waals surface area (Å²) in [5.41, 5.74) is -0.110. The van der Waals surface area contributed by atoms with Crippen LogP contribution in [-0.4, -0.2) is 37.9 Å². The average molecular weight is 356 g/mol. The third-order valence-electron chi connectivity index (χ3n) is 5.71. The topological polar surface area (TPSA) is 90.0 Å².